The Hall–Kier alpha value is -1.49. The van der Waals surface area contributed by atoms with Gasteiger partial charge in [-0.1, -0.05) is 52.9 Å². The van der Waals surface area contributed by atoms with Crippen LogP contribution in [0.4, 0.5) is 0 Å². The Kier molecular flexibility index (Phi) is 3.01. The van der Waals surface area contributed by atoms with Crippen molar-refractivity contribution in [2.24, 2.45) is 0 Å². The minimum Gasteiger partial charge on any atom is -0.289 e. The van der Waals surface area contributed by atoms with Crippen LogP contribution in [0.2, 0.25) is 0 Å². The number of rotatable bonds is 1. The van der Waals surface area contributed by atoms with Crippen molar-refractivity contribution in [2.75, 3.05) is 0 Å². The lowest BCUT2D eigenvalue weighted by atomic mass is 9.83. The van der Waals surface area contributed by atoms with E-state index in [1.807, 2.05) is 12.1 Å². The number of fused-ring (bicyclic) bond motifs is 2. The average molecular weight is 362 g/mol. The molecular formula is C16H11IO2. The van der Waals surface area contributed by atoms with Gasteiger partial charge in [-0.3, -0.25) is 9.59 Å². The fourth-order valence-corrected chi connectivity index (χ4v) is 2.75. The summed E-state index contributed by atoms with van der Waals surface area (Å²) in [5.41, 5.74) is 3.14. The SMILES string of the molecule is CC(I)c1ccc2c(c1)C(=O)c1ccccc1C2=O. The molecule has 94 valence electrons. The first kappa shape index (κ1) is 12.5. The second kappa shape index (κ2) is 4.56. The normalized spacial score (nSPS) is 14.8. The van der Waals surface area contributed by atoms with E-state index >= 15 is 0 Å². The Morgan fingerprint density at radius 2 is 1.37 bits per heavy atom. The number of hydrogen-bond acceptors (Lipinski definition) is 2. The van der Waals surface area contributed by atoms with E-state index in [0.717, 1.165) is 5.56 Å². The van der Waals surface area contributed by atoms with Gasteiger partial charge in [0.2, 0.25) is 0 Å². The monoisotopic (exact) mass is 362 g/mol. The first-order valence-corrected chi connectivity index (χ1v) is 7.30. The Morgan fingerprint density at radius 3 is 1.95 bits per heavy atom. The molecule has 19 heavy (non-hydrogen) atoms. The topological polar surface area (TPSA) is 34.1 Å². The molecule has 0 heterocycles. The van der Waals surface area contributed by atoms with Crippen molar-refractivity contribution in [3.8, 4) is 0 Å². The van der Waals surface area contributed by atoms with Gasteiger partial charge in [0.05, 0.1) is 0 Å². The number of carbonyl (C=O) groups is 2. The molecule has 2 aromatic carbocycles. The van der Waals surface area contributed by atoms with Crippen molar-refractivity contribution >= 4 is 34.2 Å². The van der Waals surface area contributed by atoms with Crippen LogP contribution in [0.25, 0.3) is 0 Å². The number of hydrogen-bond donors (Lipinski definition) is 0. The van der Waals surface area contributed by atoms with Crippen LogP contribution in [0.1, 0.15) is 48.3 Å². The van der Waals surface area contributed by atoms with E-state index < -0.39 is 0 Å². The van der Waals surface area contributed by atoms with E-state index in [4.69, 9.17) is 0 Å². The third-order valence-electron chi connectivity index (χ3n) is 3.41. The molecule has 0 aliphatic heterocycles. The van der Waals surface area contributed by atoms with Gasteiger partial charge in [-0.2, -0.15) is 0 Å². The highest BCUT2D eigenvalue weighted by molar-refractivity contribution is 14.1. The molecule has 1 atom stereocenters. The molecule has 0 bridgehead atoms. The van der Waals surface area contributed by atoms with Crippen LogP contribution in [0.5, 0.6) is 0 Å². The van der Waals surface area contributed by atoms with Gasteiger partial charge in [0.15, 0.2) is 11.6 Å². The standard InChI is InChI=1S/C16H11IO2/c1-9(17)10-6-7-13-14(8-10)16(19)12-5-3-2-4-11(12)15(13)18/h2-9H,1H3. The summed E-state index contributed by atoms with van der Waals surface area (Å²) in [5.74, 6) is -0.109. The quantitative estimate of drug-likeness (QED) is 0.485. The third-order valence-corrected chi connectivity index (χ3v) is 4.13. The highest BCUT2D eigenvalue weighted by Crippen LogP contribution is 2.31. The van der Waals surface area contributed by atoms with E-state index in [1.54, 1.807) is 30.3 Å². The summed E-state index contributed by atoms with van der Waals surface area (Å²) in [7, 11) is 0. The van der Waals surface area contributed by atoms with E-state index in [1.165, 1.54) is 0 Å². The maximum atomic E-state index is 12.5. The molecule has 0 aromatic heterocycles. The van der Waals surface area contributed by atoms with E-state index in [9.17, 15) is 9.59 Å². The first-order chi connectivity index (χ1) is 9.09. The molecule has 0 amide bonds. The Balaban J connectivity index is 2.24. The van der Waals surface area contributed by atoms with Gasteiger partial charge >= 0.3 is 0 Å². The lowest BCUT2D eigenvalue weighted by Gasteiger charge is -2.18. The fraction of sp³-hybridized carbons (Fsp3) is 0.125. The van der Waals surface area contributed by atoms with Crippen LogP contribution in [0.3, 0.4) is 0 Å². The smallest absolute Gasteiger partial charge is 0.194 e. The number of alkyl halides is 1. The summed E-state index contributed by atoms with van der Waals surface area (Å²) < 4.78 is 0.308. The van der Waals surface area contributed by atoms with Crippen molar-refractivity contribution in [1.29, 1.82) is 0 Å². The summed E-state index contributed by atoms with van der Waals surface area (Å²) in [4.78, 5) is 24.9. The molecule has 0 saturated carbocycles. The van der Waals surface area contributed by atoms with E-state index in [0.29, 0.717) is 26.2 Å². The van der Waals surface area contributed by atoms with Crippen molar-refractivity contribution in [2.45, 2.75) is 10.8 Å². The second-order valence-corrected chi connectivity index (χ2v) is 6.49. The van der Waals surface area contributed by atoms with Crippen molar-refractivity contribution in [3.63, 3.8) is 0 Å². The van der Waals surface area contributed by atoms with Crippen LogP contribution < -0.4 is 0 Å². The number of carbonyl (C=O) groups excluding carboxylic acids is 2. The molecule has 2 nitrogen and oxygen atoms in total. The maximum Gasteiger partial charge on any atom is 0.194 e. The fourth-order valence-electron chi connectivity index (χ4n) is 2.36. The molecule has 3 heteroatoms. The molecule has 1 unspecified atom stereocenters. The zero-order valence-corrected chi connectivity index (χ0v) is 12.5. The van der Waals surface area contributed by atoms with Gasteiger partial charge in [0.25, 0.3) is 0 Å². The van der Waals surface area contributed by atoms with Gasteiger partial charge in [0, 0.05) is 26.2 Å². The van der Waals surface area contributed by atoms with Crippen LogP contribution in [0, 0.1) is 0 Å². The highest BCUT2D eigenvalue weighted by Gasteiger charge is 2.29. The van der Waals surface area contributed by atoms with Gasteiger partial charge in [0.1, 0.15) is 0 Å². The van der Waals surface area contributed by atoms with E-state index in [-0.39, 0.29) is 11.6 Å². The second-order valence-electron chi connectivity index (χ2n) is 4.62. The highest BCUT2D eigenvalue weighted by atomic mass is 127. The zero-order valence-electron chi connectivity index (χ0n) is 10.3. The minimum absolute atomic E-state index is 0.0518. The first-order valence-electron chi connectivity index (χ1n) is 6.06. The minimum atomic E-state index is -0.0575. The lowest BCUT2D eigenvalue weighted by Crippen LogP contribution is -2.20. The molecule has 1 aliphatic rings. The van der Waals surface area contributed by atoms with Crippen molar-refractivity contribution in [3.05, 3.63) is 70.3 Å². The van der Waals surface area contributed by atoms with Crippen LogP contribution >= 0.6 is 22.6 Å². The summed E-state index contributed by atoms with van der Waals surface area (Å²) in [6.07, 6.45) is 0. The van der Waals surface area contributed by atoms with Gasteiger partial charge in [-0.15, -0.1) is 0 Å². The maximum absolute atomic E-state index is 12.5. The summed E-state index contributed by atoms with van der Waals surface area (Å²) in [6, 6.07) is 12.6. The molecule has 0 N–H and O–H groups in total. The molecule has 0 fully saturated rings. The van der Waals surface area contributed by atoms with Gasteiger partial charge in [-0.25, -0.2) is 0 Å². The molecule has 0 radical (unpaired) electrons. The van der Waals surface area contributed by atoms with Gasteiger partial charge in [-0.05, 0) is 24.6 Å². The zero-order chi connectivity index (χ0) is 13.6. The number of halogens is 1. The molecule has 0 saturated heterocycles. The predicted molar refractivity (Wildman–Crippen MR) is 82.2 cm³/mol. The van der Waals surface area contributed by atoms with Gasteiger partial charge < -0.3 is 0 Å². The molecule has 3 rings (SSSR count). The molecule has 0 spiro atoms. The third kappa shape index (κ3) is 1.92. The summed E-state index contributed by atoms with van der Waals surface area (Å²) >= 11 is 2.30. The molecule has 1 aliphatic carbocycles. The number of benzene rings is 2. The van der Waals surface area contributed by atoms with Crippen molar-refractivity contribution < 1.29 is 9.59 Å². The van der Waals surface area contributed by atoms with E-state index in [2.05, 4.69) is 29.5 Å². The molecular weight excluding hydrogens is 351 g/mol. The van der Waals surface area contributed by atoms with Crippen LogP contribution in [0.15, 0.2) is 42.5 Å². The Morgan fingerprint density at radius 1 is 0.842 bits per heavy atom. The average Bonchev–Trinajstić information content (AvgIpc) is 2.44. The molecule has 2 aromatic rings. The Bertz CT molecular complexity index is 702. The Labute approximate surface area is 125 Å². The van der Waals surface area contributed by atoms with Crippen LogP contribution in [-0.2, 0) is 0 Å². The van der Waals surface area contributed by atoms with Crippen LogP contribution in [-0.4, -0.2) is 11.6 Å². The predicted octanol–water partition coefficient (Wildman–Crippen LogP) is 3.96. The number of ketones is 2. The lowest BCUT2D eigenvalue weighted by molar-refractivity contribution is 0.0979. The summed E-state index contributed by atoms with van der Waals surface area (Å²) in [6.45, 7) is 2.06. The van der Waals surface area contributed by atoms with Crippen molar-refractivity contribution in [1.82, 2.24) is 0 Å². The largest absolute Gasteiger partial charge is 0.289 e. The summed E-state index contributed by atoms with van der Waals surface area (Å²) in [5, 5.41) is 0.